The van der Waals surface area contributed by atoms with E-state index in [2.05, 4.69) is 20.7 Å². The summed E-state index contributed by atoms with van der Waals surface area (Å²) in [6.45, 7) is -1.31. The molecule has 0 unspecified atom stereocenters. The summed E-state index contributed by atoms with van der Waals surface area (Å²) in [5, 5.41) is 8.91. The van der Waals surface area contributed by atoms with Crippen LogP contribution >= 0.6 is 15.9 Å². The molecule has 0 amide bonds. The third-order valence-corrected chi connectivity index (χ3v) is 2.52. The highest BCUT2D eigenvalue weighted by molar-refractivity contribution is 9.10. The quantitative estimate of drug-likeness (QED) is 0.800. The summed E-state index contributed by atoms with van der Waals surface area (Å²) in [6, 6.07) is 4.03. The van der Waals surface area contributed by atoms with E-state index < -0.39 is 12.6 Å². The Kier molecular flexibility index (Phi) is 5.04. The second kappa shape index (κ2) is 6.31. The van der Waals surface area contributed by atoms with Crippen LogP contribution in [0.25, 0.3) is 0 Å². The molecule has 18 heavy (non-hydrogen) atoms. The van der Waals surface area contributed by atoms with Gasteiger partial charge >= 0.3 is 12.6 Å². The SMILES string of the molecule is CCOC(=O)c1cc(OC(F)F)cc(Br)c1C#N. The van der Waals surface area contributed by atoms with E-state index in [1.165, 1.54) is 6.07 Å². The van der Waals surface area contributed by atoms with Gasteiger partial charge in [-0.05, 0) is 35.0 Å². The van der Waals surface area contributed by atoms with Gasteiger partial charge in [-0.15, -0.1) is 0 Å². The van der Waals surface area contributed by atoms with E-state index in [9.17, 15) is 13.6 Å². The number of hydrogen-bond donors (Lipinski definition) is 0. The number of alkyl halides is 2. The molecule has 96 valence electrons. The van der Waals surface area contributed by atoms with Gasteiger partial charge in [-0.2, -0.15) is 14.0 Å². The van der Waals surface area contributed by atoms with Crippen molar-refractivity contribution in [2.75, 3.05) is 6.61 Å². The van der Waals surface area contributed by atoms with Crippen LogP contribution in [0.2, 0.25) is 0 Å². The lowest BCUT2D eigenvalue weighted by Gasteiger charge is -2.09. The minimum Gasteiger partial charge on any atom is -0.462 e. The fourth-order valence-corrected chi connectivity index (χ4v) is 1.76. The third kappa shape index (κ3) is 3.40. The summed E-state index contributed by atoms with van der Waals surface area (Å²) in [5.41, 5.74) is -0.112. The molecule has 0 saturated heterocycles. The first kappa shape index (κ1) is 14.4. The Bertz CT molecular complexity index is 500. The van der Waals surface area contributed by atoms with Crippen molar-refractivity contribution in [2.45, 2.75) is 13.5 Å². The van der Waals surface area contributed by atoms with Gasteiger partial charge in [0.1, 0.15) is 11.8 Å². The third-order valence-electron chi connectivity index (χ3n) is 1.90. The Morgan fingerprint density at radius 1 is 1.56 bits per heavy atom. The molecule has 1 rings (SSSR count). The van der Waals surface area contributed by atoms with Gasteiger partial charge in [-0.1, -0.05) is 0 Å². The van der Waals surface area contributed by atoms with Gasteiger partial charge in [0, 0.05) is 4.47 Å². The van der Waals surface area contributed by atoms with E-state index in [0.29, 0.717) is 0 Å². The Hall–Kier alpha value is -1.68. The second-order valence-corrected chi connectivity index (χ2v) is 3.89. The maximum absolute atomic E-state index is 12.1. The molecule has 0 spiro atoms. The molecule has 0 aromatic heterocycles. The summed E-state index contributed by atoms with van der Waals surface area (Å²) in [5.74, 6) is -0.992. The molecule has 0 N–H and O–H groups in total. The molecule has 7 heteroatoms. The Labute approximate surface area is 110 Å². The number of rotatable bonds is 4. The monoisotopic (exact) mass is 319 g/mol. The minimum atomic E-state index is -3.01. The van der Waals surface area contributed by atoms with Crippen LogP contribution in [0.15, 0.2) is 16.6 Å². The van der Waals surface area contributed by atoms with Gasteiger partial charge in [-0.25, -0.2) is 4.79 Å². The smallest absolute Gasteiger partial charge is 0.387 e. The molecule has 1 aromatic rings. The van der Waals surface area contributed by atoms with Gasteiger partial charge in [0.2, 0.25) is 0 Å². The molecule has 0 atom stereocenters. The fraction of sp³-hybridized carbons (Fsp3) is 0.273. The van der Waals surface area contributed by atoms with Crippen LogP contribution in [-0.4, -0.2) is 19.2 Å². The van der Waals surface area contributed by atoms with E-state index in [-0.39, 0.29) is 28.0 Å². The van der Waals surface area contributed by atoms with E-state index in [0.717, 1.165) is 6.07 Å². The van der Waals surface area contributed by atoms with Crippen LogP contribution in [0, 0.1) is 11.3 Å². The van der Waals surface area contributed by atoms with Crippen molar-refractivity contribution in [3.63, 3.8) is 0 Å². The average Bonchev–Trinajstić information content (AvgIpc) is 2.27. The van der Waals surface area contributed by atoms with Crippen LogP contribution < -0.4 is 4.74 Å². The van der Waals surface area contributed by atoms with Crippen molar-refractivity contribution in [1.29, 1.82) is 5.26 Å². The summed E-state index contributed by atoms with van der Waals surface area (Å²) in [6.07, 6.45) is 0. The van der Waals surface area contributed by atoms with Crippen LogP contribution in [0.4, 0.5) is 8.78 Å². The zero-order chi connectivity index (χ0) is 13.7. The van der Waals surface area contributed by atoms with Crippen molar-refractivity contribution in [1.82, 2.24) is 0 Å². The summed E-state index contributed by atoms with van der Waals surface area (Å²) < 4.78 is 33.3. The van der Waals surface area contributed by atoms with E-state index >= 15 is 0 Å². The molecular formula is C11H8BrF2NO3. The largest absolute Gasteiger partial charge is 0.462 e. The lowest BCUT2D eigenvalue weighted by Crippen LogP contribution is -2.09. The van der Waals surface area contributed by atoms with Gasteiger partial charge in [0.05, 0.1) is 17.7 Å². The molecule has 0 aliphatic heterocycles. The minimum absolute atomic E-state index is 0.00932. The number of ether oxygens (including phenoxy) is 2. The normalized spacial score (nSPS) is 10.0. The molecule has 0 bridgehead atoms. The standard InChI is InChI=1S/C11H8BrF2NO3/c1-2-17-10(16)7-3-6(18-11(13)14)4-9(12)8(7)5-15/h3-4,11H,2H2,1H3. The van der Waals surface area contributed by atoms with Crippen LogP contribution in [0.3, 0.4) is 0 Å². The highest BCUT2D eigenvalue weighted by atomic mass is 79.9. The number of carbonyl (C=O) groups excluding carboxylic acids is 1. The van der Waals surface area contributed by atoms with Crippen LogP contribution in [-0.2, 0) is 4.74 Å². The van der Waals surface area contributed by atoms with Gasteiger partial charge in [0.25, 0.3) is 0 Å². The molecule has 0 fully saturated rings. The summed E-state index contributed by atoms with van der Waals surface area (Å²) in [7, 11) is 0. The number of halogens is 3. The molecule has 0 radical (unpaired) electrons. The number of benzene rings is 1. The van der Waals surface area contributed by atoms with E-state index in [1.807, 2.05) is 0 Å². The van der Waals surface area contributed by atoms with Crippen LogP contribution in [0.1, 0.15) is 22.8 Å². The van der Waals surface area contributed by atoms with E-state index in [4.69, 9.17) is 10.00 Å². The van der Waals surface area contributed by atoms with Gasteiger partial charge in [0.15, 0.2) is 0 Å². The average molecular weight is 320 g/mol. The number of esters is 1. The van der Waals surface area contributed by atoms with Crippen LogP contribution in [0.5, 0.6) is 5.75 Å². The molecule has 4 nitrogen and oxygen atoms in total. The van der Waals surface area contributed by atoms with Gasteiger partial charge in [-0.3, -0.25) is 0 Å². The van der Waals surface area contributed by atoms with Crippen molar-refractivity contribution in [3.8, 4) is 11.8 Å². The Balaban J connectivity index is 3.24. The maximum Gasteiger partial charge on any atom is 0.387 e. The molecule has 0 saturated carbocycles. The first-order chi connectivity index (χ1) is 8.49. The summed E-state index contributed by atoms with van der Waals surface area (Å²) in [4.78, 5) is 11.6. The molecule has 0 aliphatic carbocycles. The molecule has 0 aliphatic rings. The predicted octanol–water partition coefficient (Wildman–Crippen LogP) is 3.10. The first-order valence-corrected chi connectivity index (χ1v) is 5.64. The summed E-state index contributed by atoms with van der Waals surface area (Å²) >= 11 is 3.01. The Morgan fingerprint density at radius 2 is 2.22 bits per heavy atom. The van der Waals surface area contributed by atoms with Crippen molar-refractivity contribution in [2.24, 2.45) is 0 Å². The number of carbonyl (C=O) groups is 1. The highest BCUT2D eigenvalue weighted by Gasteiger charge is 2.18. The zero-order valence-electron chi connectivity index (χ0n) is 9.25. The maximum atomic E-state index is 12.1. The van der Waals surface area contributed by atoms with Crippen molar-refractivity contribution in [3.05, 3.63) is 27.7 Å². The van der Waals surface area contributed by atoms with Crippen molar-refractivity contribution >= 4 is 21.9 Å². The van der Waals surface area contributed by atoms with Crippen molar-refractivity contribution < 1.29 is 23.0 Å². The fourth-order valence-electron chi connectivity index (χ4n) is 1.24. The number of nitriles is 1. The lowest BCUT2D eigenvalue weighted by molar-refractivity contribution is -0.0499. The highest BCUT2D eigenvalue weighted by Crippen LogP contribution is 2.28. The topological polar surface area (TPSA) is 59.3 Å². The number of nitrogens with zero attached hydrogens (tertiary/aromatic N) is 1. The first-order valence-electron chi connectivity index (χ1n) is 4.85. The van der Waals surface area contributed by atoms with E-state index in [1.54, 1.807) is 13.0 Å². The predicted molar refractivity (Wildman–Crippen MR) is 61.4 cm³/mol. The number of hydrogen-bond acceptors (Lipinski definition) is 4. The lowest BCUT2D eigenvalue weighted by atomic mass is 10.1. The van der Waals surface area contributed by atoms with Gasteiger partial charge < -0.3 is 9.47 Å². The molecule has 0 heterocycles. The Morgan fingerprint density at radius 3 is 2.72 bits per heavy atom. The zero-order valence-corrected chi connectivity index (χ0v) is 10.8. The molecule has 1 aromatic carbocycles. The molecular weight excluding hydrogens is 312 g/mol. The second-order valence-electron chi connectivity index (χ2n) is 3.04.